The van der Waals surface area contributed by atoms with Crippen molar-refractivity contribution in [3.63, 3.8) is 0 Å². The van der Waals surface area contributed by atoms with Gasteiger partial charge in [-0.1, -0.05) is 0 Å². The molecule has 0 aromatic carbocycles. The molecule has 1 amide bonds. The van der Waals surface area contributed by atoms with Crippen molar-refractivity contribution >= 4 is 5.91 Å². The zero-order valence-corrected chi connectivity index (χ0v) is 7.46. The third kappa shape index (κ3) is 3.94. The van der Waals surface area contributed by atoms with Crippen LogP contribution in [0.2, 0.25) is 0 Å². The molecule has 0 saturated heterocycles. The minimum Gasteiger partial charge on any atom is -0.345 e. The average Bonchev–Trinajstić information content (AvgIpc) is 1.96. The number of hydrogen-bond donors (Lipinski definition) is 2. The Bertz CT molecular complexity index is 243. The van der Waals surface area contributed by atoms with Gasteiger partial charge in [0.1, 0.15) is 6.54 Å². The zero-order valence-electron chi connectivity index (χ0n) is 7.46. The van der Waals surface area contributed by atoms with Crippen molar-refractivity contribution < 1.29 is 31.1 Å². The Hall–Kier alpha value is -0.990. The van der Waals surface area contributed by atoms with Crippen LogP contribution in [0.4, 0.5) is 26.3 Å². The topological polar surface area (TPSA) is 55.1 Å². The van der Waals surface area contributed by atoms with Crippen molar-refractivity contribution in [1.29, 1.82) is 0 Å². The predicted molar refractivity (Wildman–Crippen MR) is 37.7 cm³/mol. The van der Waals surface area contributed by atoms with Crippen molar-refractivity contribution in [2.24, 2.45) is 5.73 Å². The molecule has 0 radical (unpaired) electrons. The SMILES string of the molecule is CC(N)(C(=O)NCC(F)(F)F)C(F)(F)F. The normalized spacial score (nSPS) is 17.1. The molecule has 0 rings (SSSR count). The van der Waals surface area contributed by atoms with E-state index in [2.05, 4.69) is 5.73 Å². The highest BCUT2D eigenvalue weighted by Gasteiger charge is 2.54. The molecule has 0 aromatic heterocycles. The fraction of sp³-hybridized carbons (Fsp3) is 0.833. The Morgan fingerprint density at radius 2 is 1.60 bits per heavy atom. The summed E-state index contributed by atoms with van der Waals surface area (Å²) in [6.45, 7) is -1.56. The smallest absolute Gasteiger partial charge is 0.345 e. The molecule has 0 bridgehead atoms. The van der Waals surface area contributed by atoms with Gasteiger partial charge in [0.2, 0.25) is 5.91 Å². The van der Waals surface area contributed by atoms with E-state index in [-0.39, 0.29) is 0 Å². The molecule has 9 heteroatoms. The summed E-state index contributed by atoms with van der Waals surface area (Å²) in [5.41, 5.74) is 1.23. The molecule has 0 heterocycles. The lowest BCUT2D eigenvalue weighted by Crippen LogP contribution is -2.62. The van der Waals surface area contributed by atoms with Gasteiger partial charge in [0.05, 0.1) is 0 Å². The van der Waals surface area contributed by atoms with Gasteiger partial charge in [0.15, 0.2) is 5.54 Å². The molecule has 0 fully saturated rings. The summed E-state index contributed by atoms with van der Waals surface area (Å²) >= 11 is 0. The van der Waals surface area contributed by atoms with Crippen LogP contribution < -0.4 is 11.1 Å². The predicted octanol–water partition coefficient (Wildman–Crippen LogP) is 0.945. The Kier molecular flexibility index (Phi) is 3.62. The minimum absolute atomic E-state index is 0.290. The van der Waals surface area contributed by atoms with Crippen LogP contribution in [0.5, 0.6) is 0 Å². The number of hydrogen-bond acceptors (Lipinski definition) is 2. The van der Waals surface area contributed by atoms with Crippen LogP contribution in [0, 0.1) is 0 Å². The highest BCUT2D eigenvalue weighted by atomic mass is 19.4. The lowest BCUT2D eigenvalue weighted by Gasteiger charge is -2.26. The molecule has 90 valence electrons. The molecule has 0 aliphatic carbocycles. The highest BCUT2D eigenvalue weighted by molar-refractivity contribution is 5.86. The van der Waals surface area contributed by atoms with Gasteiger partial charge in [-0.05, 0) is 6.92 Å². The number of amides is 1. The molecular weight excluding hydrogens is 230 g/mol. The van der Waals surface area contributed by atoms with Gasteiger partial charge >= 0.3 is 12.4 Å². The summed E-state index contributed by atoms with van der Waals surface area (Å²) in [7, 11) is 0. The highest BCUT2D eigenvalue weighted by Crippen LogP contribution is 2.28. The largest absolute Gasteiger partial charge is 0.415 e. The first-order valence-corrected chi connectivity index (χ1v) is 3.58. The molecule has 0 aliphatic rings. The fourth-order valence-corrected chi connectivity index (χ4v) is 0.493. The Morgan fingerprint density at radius 1 is 1.20 bits per heavy atom. The second-order valence-corrected chi connectivity index (χ2v) is 3.00. The third-order valence-corrected chi connectivity index (χ3v) is 1.51. The summed E-state index contributed by atoms with van der Waals surface area (Å²) in [4.78, 5) is 10.7. The van der Waals surface area contributed by atoms with E-state index in [9.17, 15) is 31.1 Å². The number of nitrogens with one attached hydrogen (secondary N) is 1. The molecule has 1 atom stereocenters. The van der Waals surface area contributed by atoms with Gasteiger partial charge in [-0.2, -0.15) is 26.3 Å². The first-order chi connectivity index (χ1) is 6.38. The number of alkyl halides is 6. The van der Waals surface area contributed by atoms with Gasteiger partial charge in [0, 0.05) is 0 Å². The van der Waals surface area contributed by atoms with Gasteiger partial charge < -0.3 is 11.1 Å². The van der Waals surface area contributed by atoms with Crippen LogP contribution in [-0.4, -0.2) is 30.3 Å². The molecular formula is C6H8F6N2O. The summed E-state index contributed by atoms with van der Waals surface area (Å²) in [6, 6.07) is 0. The standard InChI is InChI=1S/C6H8F6N2O/c1-4(13,6(10,11)12)3(15)14-2-5(7,8)9/h2,13H2,1H3,(H,14,15). The number of rotatable bonds is 2. The Morgan fingerprint density at radius 3 is 1.87 bits per heavy atom. The van der Waals surface area contributed by atoms with E-state index < -0.39 is 30.3 Å². The molecule has 0 saturated carbocycles. The van der Waals surface area contributed by atoms with Crippen LogP contribution in [0.25, 0.3) is 0 Å². The maximum absolute atomic E-state index is 12.0. The molecule has 0 aliphatic heterocycles. The van der Waals surface area contributed by atoms with E-state index in [1.165, 1.54) is 0 Å². The van der Waals surface area contributed by atoms with E-state index in [1.807, 2.05) is 0 Å². The van der Waals surface area contributed by atoms with E-state index in [0.717, 1.165) is 5.32 Å². The lowest BCUT2D eigenvalue weighted by atomic mass is 10.0. The maximum Gasteiger partial charge on any atom is 0.415 e. The van der Waals surface area contributed by atoms with E-state index in [1.54, 1.807) is 0 Å². The fourth-order valence-electron chi connectivity index (χ4n) is 0.493. The lowest BCUT2D eigenvalue weighted by molar-refractivity contribution is -0.190. The summed E-state index contributed by atoms with van der Waals surface area (Å²) in [5, 5.41) is 1.06. The van der Waals surface area contributed by atoms with Gasteiger partial charge in [-0.25, -0.2) is 0 Å². The monoisotopic (exact) mass is 238 g/mol. The van der Waals surface area contributed by atoms with E-state index in [4.69, 9.17) is 0 Å². The van der Waals surface area contributed by atoms with Crippen molar-refractivity contribution in [1.82, 2.24) is 5.32 Å². The molecule has 3 N–H and O–H groups in total. The second kappa shape index (κ2) is 3.87. The quantitative estimate of drug-likeness (QED) is 0.703. The number of nitrogens with two attached hydrogens (primary N) is 1. The maximum atomic E-state index is 12.0. The van der Waals surface area contributed by atoms with Crippen LogP contribution in [0.1, 0.15) is 6.92 Å². The molecule has 0 aromatic rings. The molecule has 3 nitrogen and oxygen atoms in total. The third-order valence-electron chi connectivity index (χ3n) is 1.51. The second-order valence-electron chi connectivity index (χ2n) is 3.00. The van der Waals surface area contributed by atoms with Gasteiger partial charge in [-0.3, -0.25) is 4.79 Å². The Balaban J connectivity index is 4.47. The summed E-state index contributed by atoms with van der Waals surface area (Å²) < 4.78 is 70.8. The van der Waals surface area contributed by atoms with Crippen LogP contribution >= 0.6 is 0 Å². The first kappa shape index (κ1) is 14.0. The molecule has 1 unspecified atom stereocenters. The van der Waals surface area contributed by atoms with Gasteiger partial charge in [0.25, 0.3) is 0 Å². The minimum atomic E-state index is -5.11. The number of carbonyl (C=O) groups excluding carboxylic acids is 1. The van der Waals surface area contributed by atoms with E-state index >= 15 is 0 Å². The molecule has 0 spiro atoms. The zero-order chi connectivity index (χ0) is 12.5. The van der Waals surface area contributed by atoms with Gasteiger partial charge in [-0.15, -0.1) is 0 Å². The van der Waals surface area contributed by atoms with Crippen LogP contribution in [0.15, 0.2) is 0 Å². The summed E-state index contributed by atoms with van der Waals surface area (Å²) in [5.74, 6) is -1.92. The van der Waals surface area contributed by atoms with Crippen LogP contribution in [0.3, 0.4) is 0 Å². The van der Waals surface area contributed by atoms with Crippen molar-refractivity contribution in [2.75, 3.05) is 6.54 Å². The summed E-state index contributed by atoms with van der Waals surface area (Å²) in [6.07, 6.45) is -9.89. The number of carbonyl (C=O) groups is 1. The first-order valence-electron chi connectivity index (χ1n) is 3.58. The van der Waals surface area contributed by atoms with Crippen molar-refractivity contribution in [2.45, 2.75) is 24.8 Å². The van der Waals surface area contributed by atoms with Crippen molar-refractivity contribution in [3.05, 3.63) is 0 Å². The Labute approximate surface area is 80.6 Å². The average molecular weight is 238 g/mol. The van der Waals surface area contributed by atoms with E-state index in [0.29, 0.717) is 6.92 Å². The van der Waals surface area contributed by atoms with Crippen molar-refractivity contribution in [3.8, 4) is 0 Å². The van der Waals surface area contributed by atoms with Crippen LogP contribution in [-0.2, 0) is 4.79 Å². The number of halogens is 6. The molecule has 15 heavy (non-hydrogen) atoms.